The van der Waals surface area contributed by atoms with Gasteiger partial charge in [0.15, 0.2) is 0 Å². The lowest BCUT2D eigenvalue weighted by atomic mass is 9.54. The van der Waals surface area contributed by atoms with Gasteiger partial charge in [-0.1, -0.05) is 71.7 Å². The standard InChI is InChI=1S/C19H12Cl2O2/c20-18(21)17-15-13-9-5-1-3-7-11(9)14(16(15)19(22)23-17)12-8-4-2-6-10(12)13/h1-8,13-16H/t13?,14?,15-,16-/m1/s1. The van der Waals surface area contributed by atoms with Crippen LogP contribution in [0.25, 0.3) is 0 Å². The van der Waals surface area contributed by atoms with Crippen LogP contribution in [-0.4, -0.2) is 5.97 Å². The fourth-order valence-electron chi connectivity index (χ4n) is 4.68. The Labute approximate surface area is 143 Å². The number of hydrogen-bond acceptors (Lipinski definition) is 2. The van der Waals surface area contributed by atoms with Gasteiger partial charge >= 0.3 is 5.97 Å². The van der Waals surface area contributed by atoms with Crippen LogP contribution in [0.15, 0.2) is 58.8 Å². The summed E-state index contributed by atoms with van der Waals surface area (Å²) >= 11 is 12.1. The molecule has 23 heavy (non-hydrogen) atoms. The first-order valence-corrected chi connectivity index (χ1v) is 8.38. The highest BCUT2D eigenvalue weighted by atomic mass is 35.5. The molecule has 2 aromatic carbocycles. The fourth-order valence-corrected chi connectivity index (χ4v) is 5.01. The highest BCUT2D eigenvalue weighted by Gasteiger charge is 2.59. The van der Waals surface area contributed by atoms with Crippen LogP contribution in [0.5, 0.6) is 0 Å². The number of esters is 1. The second-order valence-electron chi connectivity index (χ2n) is 6.31. The van der Waals surface area contributed by atoms with Gasteiger partial charge in [0.2, 0.25) is 0 Å². The van der Waals surface area contributed by atoms with E-state index in [1.807, 2.05) is 24.3 Å². The van der Waals surface area contributed by atoms with E-state index in [9.17, 15) is 4.79 Å². The maximum Gasteiger partial charge on any atom is 0.315 e. The molecular formula is C19H12Cl2O2. The van der Waals surface area contributed by atoms with Gasteiger partial charge in [0, 0.05) is 17.8 Å². The molecule has 1 fully saturated rings. The van der Waals surface area contributed by atoms with E-state index in [4.69, 9.17) is 27.9 Å². The lowest BCUT2D eigenvalue weighted by Crippen LogP contribution is -2.40. The number of cyclic esters (lactones) is 1. The molecule has 0 amide bonds. The SMILES string of the molecule is O=C1OC(=C(Cl)Cl)[C@@H]2C3c4ccccc4C(c4ccccc43)[C@@H]12. The number of carbonyl (C=O) groups excluding carboxylic acids is 1. The molecule has 1 heterocycles. The van der Waals surface area contributed by atoms with Gasteiger partial charge in [-0.15, -0.1) is 0 Å². The summed E-state index contributed by atoms with van der Waals surface area (Å²) in [5, 5.41) is 0. The third-order valence-corrected chi connectivity index (χ3v) is 5.78. The lowest BCUT2D eigenvalue weighted by molar-refractivity contribution is -0.139. The smallest absolute Gasteiger partial charge is 0.315 e. The van der Waals surface area contributed by atoms with Crippen molar-refractivity contribution in [3.05, 3.63) is 81.0 Å². The summed E-state index contributed by atoms with van der Waals surface area (Å²) in [5.41, 5.74) is 4.95. The Morgan fingerprint density at radius 2 is 1.22 bits per heavy atom. The highest BCUT2D eigenvalue weighted by Crippen LogP contribution is 2.63. The molecule has 0 saturated carbocycles. The third kappa shape index (κ3) is 1.63. The Hall–Kier alpha value is -1.77. The molecule has 6 rings (SSSR count). The summed E-state index contributed by atoms with van der Waals surface area (Å²) in [6.07, 6.45) is 0. The summed E-state index contributed by atoms with van der Waals surface area (Å²) in [6.45, 7) is 0. The summed E-state index contributed by atoms with van der Waals surface area (Å²) in [4.78, 5) is 12.6. The first kappa shape index (κ1) is 13.6. The van der Waals surface area contributed by atoms with Crippen molar-refractivity contribution in [3.63, 3.8) is 0 Å². The maximum atomic E-state index is 12.6. The number of allylic oxidation sites excluding steroid dienone is 1. The van der Waals surface area contributed by atoms with Crippen LogP contribution < -0.4 is 0 Å². The van der Waals surface area contributed by atoms with Crippen LogP contribution >= 0.6 is 23.2 Å². The lowest BCUT2D eigenvalue weighted by Gasteiger charge is -2.46. The zero-order chi connectivity index (χ0) is 15.7. The molecule has 2 aromatic rings. The number of ether oxygens (including phenoxy) is 1. The van der Waals surface area contributed by atoms with Crippen molar-refractivity contribution in [2.24, 2.45) is 11.8 Å². The second-order valence-corrected chi connectivity index (χ2v) is 7.26. The third-order valence-electron chi connectivity index (χ3n) is 5.41. The number of hydrogen-bond donors (Lipinski definition) is 0. The van der Waals surface area contributed by atoms with Gasteiger partial charge in [-0.3, -0.25) is 4.79 Å². The van der Waals surface area contributed by atoms with Crippen molar-refractivity contribution in [2.75, 3.05) is 0 Å². The summed E-state index contributed by atoms with van der Waals surface area (Å²) < 4.78 is 5.55. The van der Waals surface area contributed by atoms with E-state index in [1.54, 1.807) is 0 Å². The molecule has 0 N–H and O–H groups in total. The van der Waals surface area contributed by atoms with Crippen molar-refractivity contribution in [3.8, 4) is 0 Å². The Bertz CT molecular complexity index is 835. The summed E-state index contributed by atoms with van der Waals surface area (Å²) in [7, 11) is 0. The van der Waals surface area contributed by atoms with Crippen LogP contribution in [0.1, 0.15) is 34.1 Å². The van der Waals surface area contributed by atoms with Gasteiger partial charge in [0.25, 0.3) is 0 Å². The van der Waals surface area contributed by atoms with Crippen LogP contribution in [0, 0.1) is 11.8 Å². The van der Waals surface area contributed by atoms with E-state index < -0.39 is 0 Å². The van der Waals surface area contributed by atoms with Crippen LogP contribution in [0.2, 0.25) is 0 Å². The Kier molecular flexibility index (Phi) is 2.74. The van der Waals surface area contributed by atoms with Crippen LogP contribution in [-0.2, 0) is 9.53 Å². The molecule has 0 aromatic heterocycles. The van der Waals surface area contributed by atoms with Gasteiger partial charge in [-0.25, -0.2) is 0 Å². The normalized spacial score (nSPS) is 29.7. The van der Waals surface area contributed by atoms with Gasteiger partial charge in [-0.2, -0.15) is 0 Å². The van der Waals surface area contributed by atoms with Gasteiger partial charge in [0.05, 0.1) is 5.92 Å². The Morgan fingerprint density at radius 3 is 1.65 bits per heavy atom. The topological polar surface area (TPSA) is 26.3 Å². The average Bonchev–Trinajstić information content (AvgIpc) is 2.93. The largest absolute Gasteiger partial charge is 0.428 e. The minimum absolute atomic E-state index is 0.00934. The molecule has 4 heteroatoms. The second kappa shape index (κ2) is 4.62. The van der Waals surface area contributed by atoms with Crippen molar-refractivity contribution >= 4 is 29.2 Å². The van der Waals surface area contributed by atoms with E-state index in [1.165, 1.54) is 22.3 Å². The Morgan fingerprint density at radius 1 is 0.783 bits per heavy atom. The van der Waals surface area contributed by atoms with E-state index in [0.29, 0.717) is 5.76 Å². The zero-order valence-electron chi connectivity index (χ0n) is 12.0. The van der Waals surface area contributed by atoms with Crippen LogP contribution in [0.4, 0.5) is 0 Å². The molecule has 114 valence electrons. The molecule has 4 aliphatic rings. The summed E-state index contributed by atoms with van der Waals surface area (Å²) in [6, 6.07) is 16.7. The molecule has 0 unspecified atom stereocenters. The van der Waals surface area contributed by atoms with E-state index in [-0.39, 0.29) is 34.1 Å². The predicted molar refractivity (Wildman–Crippen MR) is 88.4 cm³/mol. The number of carbonyl (C=O) groups is 1. The quantitative estimate of drug-likeness (QED) is 0.648. The first-order valence-electron chi connectivity index (χ1n) is 7.63. The predicted octanol–water partition coefficient (Wildman–Crippen LogP) is 4.71. The molecular weight excluding hydrogens is 331 g/mol. The summed E-state index contributed by atoms with van der Waals surface area (Å²) in [5.74, 6) is -0.0684. The van der Waals surface area contributed by atoms with Crippen LogP contribution in [0.3, 0.4) is 0 Å². The Balaban J connectivity index is 1.86. The molecule has 1 saturated heterocycles. The zero-order valence-corrected chi connectivity index (χ0v) is 13.5. The van der Waals surface area contributed by atoms with Gasteiger partial charge < -0.3 is 4.74 Å². The molecule has 2 bridgehead atoms. The molecule has 3 aliphatic carbocycles. The highest BCUT2D eigenvalue weighted by molar-refractivity contribution is 6.56. The fraction of sp³-hybridized carbons (Fsp3) is 0.211. The van der Waals surface area contributed by atoms with Gasteiger partial charge in [0.1, 0.15) is 10.3 Å². The van der Waals surface area contributed by atoms with E-state index in [2.05, 4.69) is 24.3 Å². The van der Waals surface area contributed by atoms with Crippen molar-refractivity contribution in [1.82, 2.24) is 0 Å². The minimum Gasteiger partial charge on any atom is -0.428 e. The van der Waals surface area contributed by atoms with Gasteiger partial charge in [-0.05, 0) is 22.3 Å². The maximum absolute atomic E-state index is 12.6. The number of benzene rings is 2. The number of halogens is 2. The number of rotatable bonds is 0. The molecule has 0 radical (unpaired) electrons. The first-order chi connectivity index (χ1) is 11.2. The molecule has 0 spiro atoms. The minimum atomic E-state index is -0.243. The van der Waals surface area contributed by atoms with Crippen molar-refractivity contribution in [1.29, 1.82) is 0 Å². The van der Waals surface area contributed by atoms with Crippen molar-refractivity contribution < 1.29 is 9.53 Å². The molecule has 2 atom stereocenters. The molecule has 2 nitrogen and oxygen atoms in total. The van der Waals surface area contributed by atoms with Crippen molar-refractivity contribution in [2.45, 2.75) is 11.8 Å². The molecule has 1 aliphatic heterocycles. The van der Waals surface area contributed by atoms with E-state index >= 15 is 0 Å². The van der Waals surface area contributed by atoms with E-state index in [0.717, 1.165) is 0 Å². The average molecular weight is 343 g/mol. The monoisotopic (exact) mass is 342 g/mol.